The molecule has 0 aromatic heterocycles. The first-order chi connectivity index (χ1) is 4.77. The lowest BCUT2D eigenvalue weighted by Gasteiger charge is -1.81. The molecule has 0 fully saturated rings. The van der Waals surface area contributed by atoms with Crippen LogP contribution in [-0.4, -0.2) is 22.8 Å². The Balaban J connectivity index is 0. The summed E-state index contributed by atoms with van der Waals surface area (Å²) < 4.78 is 0. The molecule has 0 aromatic carbocycles. The molecule has 0 heterocycles. The summed E-state index contributed by atoms with van der Waals surface area (Å²) >= 11 is 4.19. The SMILES string of the molecule is CC.O=C(O)CCN=C=S. The maximum absolute atomic E-state index is 9.75. The van der Waals surface area contributed by atoms with Gasteiger partial charge in [0, 0.05) is 0 Å². The highest BCUT2D eigenvalue weighted by Gasteiger charge is 1.90. The quantitative estimate of drug-likeness (QED) is 0.505. The molecule has 0 bridgehead atoms. The first kappa shape index (κ1) is 12.0. The predicted molar refractivity (Wildman–Crippen MR) is 43.5 cm³/mol. The molecule has 0 amide bonds. The highest BCUT2D eigenvalue weighted by Crippen LogP contribution is 1.77. The number of isothiocyanates is 1. The molecule has 0 atom stereocenters. The third kappa shape index (κ3) is 15.7. The van der Waals surface area contributed by atoms with E-state index < -0.39 is 5.97 Å². The Morgan fingerprint density at radius 1 is 1.70 bits per heavy atom. The minimum absolute atomic E-state index is 0.0314. The number of rotatable bonds is 3. The number of thiocarbonyl (C=S) groups is 1. The van der Waals surface area contributed by atoms with Gasteiger partial charge < -0.3 is 5.11 Å². The van der Waals surface area contributed by atoms with E-state index in [9.17, 15) is 4.79 Å². The Hall–Kier alpha value is -0.730. The van der Waals surface area contributed by atoms with Gasteiger partial charge in [-0.3, -0.25) is 4.79 Å². The van der Waals surface area contributed by atoms with Crippen molar-refractivity contribution in [1.29, 1.82) is 0 Å². The minimum Gasteiger partial charge on any atom is -0.481 e. The number of hydrogen-bond donors (Lipinski definition) is 1. The average molecular weight is 161 g/mol. The smallest absolute Gasteiger partial charge is 0.305 e. The Morgan fingerprint density at radius 3 is 2.50 bits per heavy atom. The lowest BCUT2D eigenvalue weighted by molar-refractivity contribution is -0.136. The summed E-state index contributed by atoms with van der Waals surface area (Å²) in [6.07, 6.45) is 0.0314. The van der Waals surface area contributed by atoms with Crippen molar-refractivity contribution < 1.29 is 9.90 Å². The van der Waals surface area contributed by atoms with E-state index >= 15 is 0 Å². The van der Waals surface area contributed by atoms with Crippen molar-refractivity contribution in [2.45, 2.75) is 20.3 Å². The molecule has 10 heavy (non-hydrogen) atoms. The molecule has 1 N–H and O–H groups in total. The summed E-state index contributed by atoms with van der Waals surface area (Å²) in [6, 6.07) is 0. The zero-order chi connectivity index (χ0) is 8.41. The van der Waals surface area contributed by atoms with Crippen LogP contribution in [0.3, 0.4) is 0 Å². The third-order valence-electron chi connectivity index (χ3n) is 0.502. The van der Waals surface area contributed by atoms with Crippen LogP contribution in [0.1, 0.15) is 20.3 Å². The van der Waals surface area contributed by atoms with Gasteiger partial charge in [0.1, 0.15) is 0 Å². The predicted octanol–water partition coefficient (Wildman–Crippen LogP) is 1.59. The van der Waals surface area contributed by atoms with Gasteiger partial charge in [0.25, 0.3) is 0 Å². The molecular formula is C6H11NO2S. The second kappa shape index (κ2) is 11.1. The van der Waals surface area contributed by atoms with Gasteiger partial charge in [0.05, 0.1) is 18.1 Å². The van der Waals surface area contributed by atoms with Crippen LogP contribution >= 0.6 is 12.2 Å². The lowest BCUT2D eigenvalue weighted by Crippen LogP contribution is -1.95. The fourth-order valence-electron chi connectivity index (χ4n) is 0.197. The first-order valence-electron chi connectivity index (χ1n) is 3.03. The Labute approximate surface area is 65.8 Å². The van der Waals surface area contributed by atoms with Crippen molar-refractivity contribution in [3.05, 3.63) is 0 Å². The Kier molecular flexibility index (Phi) is 13.3. The topological polar surface area (TPSA) is 49.7 Å². The maximum Gasteiger partial charge on any atom is 0.305 e. The number of carboxylic acids is 1. The van der Waals surface area contributed by atoms with E-state index in [1.807, 2.05) is 13.8 Å². The van der Waals surface area contributed by atoms with Gasteiger partial charge in [-0.1, -0.05) is 13.8 Å². The highest BCUT2D eigenvalue weighted by atomic mass is 32.1. The minimum atomic E-state index is -0.862. The van der Waals surface area contributed by atoms with E-state index in [0.717, 1.165) is 0 Å². The molecule has 0 rings (SSSR count). The van der Waals surface area contributed by atoms with Crippen LogP contribution in [0.5, 0.6) is 0 Å². The monoisotopic (exact) mass is 161 g/mol. The number of aliphatic carboxylic acids is 1. The van der Waals surface area contributed by atoms with Gasteiger partial charge in [-0.2, -0.15) is 0 Å². The van der Waals surface area contributed by atoms with Crippen LogP contribution in [0, 0.1) is 0 Å². The van der Waals surface area contributed by atoms with Crippen molar-refractivity contribution in [2.75, 3.05) is 6.54 Å². The molecule has 0 aromatic rings. The fraction of sp³-hybridized carbons (Fsp3) is 0.667. The van der Waals surface area contributed by atoms with Gasteiger partial charge >= 0.3 is 5.97 Å². The van der Waals surface area contributed by atoms with Gasteiger partial charge in [0.15, 0.2) is 0 Å². The average Bonchev–Trinajstić information content (AvgIpc) is 1.92. The van der Waals surface area contributed by atoms with E-state index in [0.29, 0.717) is 0 Å². The molecule has 0 spiro atoms. The summed E-state index contributed by atoms with van der Waals surface area (Å²) in [7, 11) is 0. The summed E-state index contributed by atoms with van der Waals surface area (Å²) in [6.45, 7) is 4.23. The number of carboxylic acid groups (broad SMARTS) is 1. The van der Waals surface area contributed by atoms with Crippen LogP contribution in [0.25, 0.3) is 0 Å². The molecule has 0 aliphatic heterocycles. The molecule has 0 saturated carbocycles. The summed E-state index contributed by atoms with van der Waals surface area (Å²) in [5, 5.41) is 10.1. The molecule has 58 valence electrons. The van der Waals surface area contributed by atoms with E-state index in [-0.39, 0.29) is 13.0 Å². The Morgan fingerprint density at radius 2 is 2.20 bits per heavy atom. The standard InChI is InChI=1S/C4H5NO2S.C2H6/c6-4(7)1-2-5-3-8;1-2/h1-2H2,(H,6,7);1-2H3. The summed E-state index contributed by atoms with van der Waals surface area (Å²) in [5.74, 6) is -0.862. The summed E-state index contributed by atoms with van der Waals surface area (Å²) in [4.78, 5) is 13.1. The number of aliphatic imine (C=N–C) groups is 1. The third-order valence-corrected chi connectivity index (χ3v) is 0.631. The van der Waals surface area contributed by atoms with Crippen LogP contribution < -0.4 is 0 Å². The van der Waals surface area contributed by atoms with Crippen LogP contribution in [0.4, 0.5) is 0 Å². The highest BCUT2D eigenvalue weighted by molar-refractivity contribution is 7.78. The molecule has 0 radical (unpaired) electrons. The zero-order valence-corrected chi connectivity index (χ0v) is 6.94. The van der Waals surface area contributed by atoms with E-state index in [1.54, 1.807) is 0 Å². The van der Waals surface area contributed by atoms with Crippen LogP contribution in [0.15, 0.2) is 4.99 Å². The molecule has 0 saturated heterocycles. The first-order valence-corrected chi connectivity index (χ1v) is 3.43. The second-order valence-corrected chi connectivity index (χ2v) is 1.30. The van der Waals surface area contributed by atoms with Gasteiger partial charge in [0.2, 0.25) is 0 Å². The largest absolute Gasteiger partial charge is 0.481 e. The molecule has 4 heteroatoms. The second-order valence-electron chi connectivity index (χ2n) is 1.12. The van der Waals surface area contributed by atoms with Crippen molar-refractivity contribution in [2.24, 2.45) is 4.99 Å². The molecule has 0 unspecified atom stereocenters. The fourth-order valence-corrected chi connectivity index (χ4v) is 0.288. The number of hydrogen-bond acceptors (Lipinski definition) is 3. The molecule has 3 nitrogen and oxygen atoms in total. The molecular weight excluding hydrogens is 150 g/mol. The van der Waals surface area contributed by atoms with Gasteiger partial charge in [-0.05, 0) is 12.2 Å². The molecule has 0 aliphatic rings. The van der Waals surface area contributed by atoms with E-state index in [1.165, 1.54) is 0 Å². The van der Waals surface area contributed by atoms with Crippen molar-refractivity contribution in [3.63, 3.8) is 0 Å². The Bertz CT molecular complexity index is 128. The lowest BCUT2D eigenvalue weighted by atomic mass is 10.4. The van der Waals surface area contributed by atoms with E-state index in [4.69, 9.17) is 5.11 Å². The van der Waals surface area contributed by atoms with E-state index in [2.05, 4.69) is 22.4 Å². The van der Waals surface area contributed by atoms with Crippen molar-refractivity contribution in [3.8, 4) is 0 Å². The van der Waals surface area contributed by atoms with Crippen molar-refractivity contribution in [1.82, 2.24) is 0 Å². The van der Waals surface area contributed by atoms with Crippen LogP contribution in [-0.2, 0) is 4.79 Å². The normalized spacial score (nSPS) is 6.60. The number of carbonyl (C=O) groups is 1. The van der Waals surface area contributed by atoms with Gasteiger partial charge in [-0.15, -0.1) is 0 Å². The van der Waals surface area contributed by atoms with Crippen LogP contribution in [0.2, 0.25) is 0 Å². The zero-order valence-electron chi connectivity index (χ0n) is 6.13. The van der Waals surface area contributed by atoms with Gasteiger partial charge in [-0.25, -0.2) is 4.99 Å². The number of nitrogens with zero attached hydrogens (tertiary/aromatic N) is 1. The summed E-state index contributed by atoms with van der Waals surface area (Å²) in [5.41, 5.74) is 0. The molecule has 0 aliphatic carbocycles. The maximum atomic E-state index is 9.75. The van der Waals surface area contributed by atoms with Crippen molar-refractivity contribution >= 4 is 23.3 Å².